The van der Waals surface area contributed by atoms with Crippen LogP contribution in [0.1, 0.15) is 22.5 Å². The van der Waals surface area contributed by atoms with Gasteiger partial charge in [0, 0.05) is 18.3 Å². The van der Waals surface area contributed by atoms with Gasteiger partial charge in [-0.1, -0.05) is 30.3 Å². The van der Waals surface area contributed by atoms with E-state index in [9.17, 15) is 4.79 Å². The lowest BCUT2D eigenvalue weighted by molar-refractivity contribution is 0.0948. The van der Waals surface area contributed by atoms with E-state index in [1.54, 1.807) is 13.2 Å². The van der Waals surface area contributed by atoms with Crippen molar-refractivity contribution < 1.29 is 9.53 Å². The lowest BCUT2D eigenvalue weighted by atomic mass is 10.1. The van der Waals surface area contributed by atoms with Crippen molar-refractivity contribution in [2.75, 3.05) is 19.0 Å². The van der Waals surface area contributed by atoms with Crippen molar-refractivity contribution in [3.8, 4) is 5.75 Å². The molecule has 0 aliphatic heterocycles. The summed E-state index contributed by atoms with van der Waals surface area (Å²) in [6.07, 6.45) is 3.18. The van der Waals surface area contributed by atoms with Crippen LogP contribution in [0.5, 0.6) is 5.75 Å². The van der Waals surface area contributed by atoms with E-state index in [0.717, 1.165) is 24.3 Å². The second-order valence-corrected chi connectivity index (χ2v) is 5.99. The Bertz CT molecular complexity index is 867. The third-order valence-corrected chi connectivity index (χ3v) is 4.03. The molecule has 0 unspecified atom stereocenters. The highest BCUT2D eigenvalue weighted by Crippen LogP contribution is 2.18. The first-order valence-electron chi connectivity index (χ1n) is 8.80. The van der Waals surface area contributed by atoms with Crippen LogP contribution in [0.3, 0.4) is 0 Å². The van der Waals surface area contributed by atoms with E-state index in [1.807, 2.05) is 42.5 Å². The third kappa shape index (κ3) is 5.54. The molecule has 2 aromatic carbocycles. The fourth-order valence-electron chi connectivity index (χ4n) is 2.60. The van der Waals surface area contributed by atoms with E-state index >= 15 is 0 Å². The maximum absolute atomic E-state index is 12.3. The molecule has 1 aromatic heterocycles. The van der Waals surface area contributed by atoms with Crippen LogP contribution in [-0.4, -0.2) is 29.5 Å². The van der Waals surface area contributed by atoms with Crippen molar-refractivity contribution in [3.63, 3.8) is 0 Å². The van der Waals surface area contributed by atoms with Crippen LogP contribution in [0.25, 0.3) is 0 Å². The fourth-order valence-corrected chi connectivity index (χ4v) is 2.60. The molecule has 0 bridgehead atoms. The van der Waals surface area contributed by atoms with Crippen LogP contribution >= 0.6 is 0 Å². The smallest absolute Gasteiger partial charge is 0.270 e. The Labute approximate surface area is 158 Å². The summed E-state index contributed by atoms with van der Waals surface area (Å²) >= 11 is 0. The molecule has 0 atom stereocenters. The van der Waals surface area contributed by atoms with Gasteiger partial charge in [-0.05, 0) is 42.7 Å². The van der Waals surface area contributed by atoms with Gasteiger partial charge in [0.1, 0.15) is 23.6 Å². The summed E-state index contributed by atoms with van der Waals surface area (Å²) in [5.41, 5.74) is 2.45. The molecule has 1 heterocycles. The Morgan fingerprint density at radius 2 is 1.81 bits per heavy atom. The van der Waals surface area contributed by atoms with Crippen LogP contribution in [-0.2, 0) is 6.42 Å². The monoisotopic (exact) mass is 362 g/mol. The van der Waals surface area contributed by atoms with E-state index in [1.165, 1.54) is 11.9 Å². The molecule has 6 heteroatoms. The Morgan fingerprint density at radius 3 is 2.56 bits per heavy atom. The largest absolute Gasteiger partial charge is 0.497 e. The van der Waals surface area contributed by atoms with Crippen LogP contribution in [0.15, 0.2) is 67.0 Å². The number of aryl methyl sites for hydroxylation is 1. The number of carbonyl (C=O) groups excluding carboxylic acids is 1. The molecule has 138 valence electrons. The zero-order valence-corrected chi connectivity index (χ0v) is 15.2. The standard InChI is InChI=1S/C21H22N4O2/c1-27-18-11-9-17(10-12-18)25-20-14-19(23-15-24-20)21(26)22-13-5-8-16-6-3-2-4-7-16/h2-4,6-7,9-12,14-15H,5,8,13H2,1H3,(H,22,26)(H,23,24,25). The molecule has 2 N–H and O–H groups in total. The molecule has 3 rings (SSSR count). The van der Waals surface area contributed by atoms with Gasteiger partial charge >= 0.3 is 0 Å². The van der Waals surface area contributed by atoms with E-state index in [2.05, 4.69) is 32.7 Å². The van der Waals surface area contributed by atoms with Crippen molar-refractivity contribution in [2.24, 2.45) is 0 Å². The van der Waals surface area contributed by atoms with Crippen molar-refractivity contribution >= 4 is 17.4 Å². The molecule has 3 aromatic rings. The molecular formula is C21H22N4O2. The number of benzene rings is 2. The molecule has 6 nitrogen and oxygen atoms in total. The number of carbonyl (C=O) groups is 1. The van der Waals surface area contributed by atoms with Gasteiger partial charge in [0.05, 0.1) is 7.11 Å². The summed E-state index contributed by atoms with van der Waals surface area (Å²) < 4.78 is 5.14. The molecular weight excluding hydrogens is 340 g/mol. The number of amides is 1. The third-order valence-electron chi connectivity index (χ3n) is 4.03. The number of ether oxygens (including phenoxy) is 1. The molecule has 0 aliphatic carbocycles. The molecule has 27 heavy (non-hydrogen) atoms. The van der Waals surface area contributed by atoms with Gasteiger partial charge in [-0.15, -0.1) is 0 Å². The summed E-state index contributed by atoms with van der Waals surface area (Å²) in [4.78, 5) is 20.5. The van der Waals surface area contributed by atoms with E-state index in [-0.39, 0.29) is 5.91 Å². The highest BCUT2D eigenvalue weighted by atomic mass is 16.5. The highest BCUT2D eigenvalue weighted by molar-refractivity contribution is 5.92. The number of hydrogen-bond acceptors (Lipinski definition) is 5. The van der Waals surface area contributed by atoms with E-state index < -0.39 is 0 Å². The Morgan fingerprint density at radius 1 is 1.04 bits per heavy atom. The average molecular weight is 362 g/mol. The molecule has 0 spiro atoms. The maximum atomic E-state index is 12.3. The minimum Gasteiger partial charge on any atom is -0.497 e. The van der Waals surface area contributed by atoms with Crippen LogP contribution in [0.2, 0.25) is 0 Å². The number of nitrogens with zero attached hydrogens (tertiary/aromatic N) is 2. The summed E-state index contributed by atoms with van der Waals surface area (Å²) in [6.45, 7) is 0.596. The quantitative estimate of drug-likeness (QED) is 0.599. The number of rotatable bonds is 8. The van der Waals surface area contributed by atoms with Crippen LogP contribution in [0.4, 0.5) is 11.5 Å². The summed E-state index contributed by atoms with van der Waals surface area (Å²) in [5, 5.41) is 6.05. The second-order valence-electron chi connectivity index (χ2n) is 5.99. The summed E-state index contributed by atoms with van der Waals surface area (Å²) in [7, 11) is 1.62. The minimum absolute atomic E-state index is 0.205. The molecule has 1 amide bonds. The first-order valence-corrected chi connectivity index (χ1v) is 8.80. The lowest BCUT2D eigenvalue weighted by Crippen LogP contribution is -2.25. The zero-order valence-electron chi connectivity index (χ0n) is 15.2. The highest BCUT2D eigenvalue weighted by Gasteiger charge is 2.08. The van der Waals surface area contributed by atoms with Crippen molar-refractivity contribution in [1.82, 2.24) is 15.3 Å². The molecule has 0 saturated heterocycles. The predicted octanol–water partition coefficient (Wildman–Crippen LogP) is 3.59. The van der Waals surface area contributed by atoms with Crippen molar-refractivity contribution in [1.29, 1.82) is 0 Å². The van der Waals surface area contributed by atoms with Crippen LogP contribution < -0.4 is 15.4 Å². The maximum Gasteiger partial charge on any atom is 0.270 e. The number of hydrogen-bond donors (Lipinski definition) is 2. The molecule has 0 saturated carbocycles. The summed E-state index contributed by atoms with van der Waals surface area (Å²) in [5.74, 6) is 1.13. The number of aromatic nitrogens is 2. The van der Waals surface area contributed by atoms with Gasteiger partial charge in [-0.25, -0.2) is 9.97 Å². The van der Waals surface area contributed by atoms with Crippen molar-refractivity contribution in [2.45, 2.75) is 12.8 Å². The van der Waals surface area contributed by atoms with Gasteiger partial charge < -0.3 is 15.4 Å². The first-order chi connectivity index (χ1) is 13.2. The topological polar surface area (TPSA) is 76.1 Å². The van der Waals surface area contributed by atoms with Gasteiger partial charge in [0.25, 0.3) is 5.91 Å². The SMILES string of the molecule is COc1ccc(Nc2cc(C(=O)NCCCc3ccccc3)ncn2)cc1. The van der Waals surface area contributed by atoms with E-state index in [0.29, 0.717) is 18.1 Å². The number of nitrogens with one attached hydrogen (secondary N) is 2. The minimum atomic E-state index is -0.205. The van der Waals surface area contributed by atoms with Gasteiger partial charge in [0.15, 0.2) is 0 Å². The van der Waals surface area contributed by atoms with E-state index in [4.69, 9.17) is 4.74 Å². The van der Waals surface area contributed by atoms with Gasteiger partial charge in [-0.2, -0.15) is 0 Å². The van der Waals surface area contributed by atoms with Gasteiger partial charge in [0.2, 0.25) is 0 Å². The molecule has 0 radical (unpaired) electrons. The van der Waals surface area contributed by atoms with Gasteiger partial charge in [-0.3, -0.25) is 4.79 Å². The second kappa shape index (κ2) is 9.33. The Balaban J connectivity index is 1.51. The zero-order chi connectivity index (χ0) is 18.9. The molecule has 0 aliphatic rings. The fraction of sp³-hybridized carbons (Fsp3) is 0.190. The normalized spacial score (nSPS) is 10.3. The Kier molecular flexibility index (Phi) is 6.35. The summed E-state index contributed by atoms with van der Waals surface area (Å²) in [6, 6.07) is 19.3. The number of anilines is 2. The Hall–Kier alpha value is -3.41. The first kappa shape index (κ1) is 18.4. The van der Waals surface area contributed by atoms with Crippen LogP contribution in [0, 0.1) is 0 Å². The average Bonchev–Trinajstić information content (AvgIpc) is 2.72. The predicted molar refractivity (Wildman–Crippen MR) is 105 cm³/mol. The lowest BCUT2D eigenvalue weighted by Gasteiger charge is -2.08. The number of methoxy groups -OCH3 is 1. The molecule has 0 fully saturated rings. The van der Waals surface area contributed by atoms with Crippen molar-refractivity contribution in [3.05, 3.63) is 78.2 Å².